The minimum absolute atomic E-state index is 0. The van der Waals surface area contributed by atoms with Crippen LogP contribution in [-0.4, -0.2) is 341 Å². The first-order valence-electron chi connectivity index (χ1n) is 31.0. The first-order valence-corrected chi connectivity index (χ1v) is 51.9. The summed E-state index contributed by atoms with van der Waals surface area (Å²) in [5, 5.41) is 4.80. The third kappa shape index (κ3) is 66.4. The van der Waals surface area contributed by atoms with E-state index in [-0.39, 0.29) is 471 Å². The van der Waals surface area contributed by atoms with Gasteiger partial charge in [0.05, 0.1) is 26.4 Å². The molecule has 0 bridgehead atoms. The Kier molecular flexibility index (Phi) is 83.7. The predicted molar refractivity (Wildman–Crippen MR) is 379 cm³/mol. The van der Waals surface area contributed by atoms with E-state index in [1.807, 2.05) is 0 Å². The molecule has 0 aliphatic carbocycles. The van der Waals surface area contributed by atoms with Crippen LogP contribution in [0.5, 0.6) is 0 Å². The summed E-state index contributed by atoms with van der Waals surface area (Å²) >= 11 is 0.250. The Morgan fingerprint density at radius 3 is 0.630 bits per heavy atom. The van der Waals surface area contributed by atoms with Crippen molar-refractivity contribution in [3.8, 4) is 0 Å². The van der Waals surface area contributed by atoms with Gasteiger partial charge >= 0.3 is 559 Å². The zero-order valence-corrected chi connectivity index (χ0v) is 114. The van der Waals surface area contributed by atoms with Crippen LogP contribution in [0.15, 0.2) is 58.3 Å². The largest absolute Gasteiger partial charge is 1.00 e. The number of hydrogen-bond acceptors (Lipinski definition) is 52. The Labute approximate surface area is 1100 Å². The third-order valence-corrected chi connectivity index (χ3v) is 23.3. The van der Waals surface area contributed by atoms with Crippen LogP contribution in [0.1, 0.15) is 25.7 Å². The predicted octanol–water partition coefficient (Wildman–Crippen LogP) is -49.1. The van der Waals surface area contributed by atoms with Crippen LogP contribution in [0.2, 0.25) is 0 Å². The summed E-state index contributed by atoms with van der Waals surface area (Å²) in [6.45, 7) is -7.59. The van der Waals surface area contributed by atoms with Gasteiger partial charge in [0.2, 0.25) is 11.8 Å². The van der Waals surface area contributed by atoms with Crippen LogP contribution in [0.25, 0.3) is 0 Å². The number of anilines is 2. The smallest absolute Gasteiger partial charge is 0.356 e. The number of rotatable bonds is 47. The second kappa shape index (κ2) is 69.7. The van der Waals surface area contributed by atoms with Crippen LogP contribution in [-0.2, 0) is 242 Å². The van der Waals surface area contributed by atoms with Crippen LogP contribution in [0.4, 0.5) is 11.4 Å². The minimum Gasteiger partial charge on any atom is -0.356 e. The van der Waals surface area contributed by atoms with E-state index in [0.717, 1.165) is 48.5 Å². The van der Waals surface area contributed by atoms with Gasteiger partial charge in [0.1, 0.15) is 96.3 Å². The maximum Gasteiger partial charge on any atom is 1.00 e. The van der Waals surface area contributed by atoms with Crippen LogP contribution >= 0.6 is 23.5 Å². The van der Waals surface area contributed by atoms with Crippen LogP contribution < -0.4 is 424 Å². The van der Waals surface area contributed by atoms with E-state index >= 15 is 0 Å². The number of hydrogen-bond donors (Lipinski definition) is 16. The van der Waals surface area contributed by atoms with Gasteiger partial charge in [-0.3, -0.25) is 73.3 Å². The maximum absolute atomic E-state index is 13.1. The van der Waals surface area contributed by atoms with Gasteiger partial charge in [-0.15, -0.1) is 0 Å². The zero-order valence-electron chi connectivity index (χ0n) is 73.0. The Morgan fingerprint density at radius 1 is 0.246 bits per heavy atom. The molecule has 20 atom stereocenters. The minimum atomic E-state index is -6.29. The van der Waals surface area contributed by atoms with Gasteiger partial charge in [0, 0.05) is 34.0 Å². The van der Waals surface area contributed by atoms with E-state index in [0.29, 0.717) is 0 Å². The van der Waals surface area contributed by atoms with E-state index in [1.54, 1.807) is 0 Å². The molecule has 4 fully saturated rings. The topological polar surface area (TPSA) is 1000 Å². The fourth-order valence-electron chi connectivity index (χ4n) is 10.7. The van der Waals surface area contributed by atoms with Crippen molar-refractivity contribution in [3.63, 3.8) is 0 Å². The van der Waals surface area contributed by atoms with Gasteiger partial charge < -0.3 is 39.1 Å². The summed E-state index contributed by atoms with van der Waals surface area (Å²) in [6, 6.07) is 8.28. The van der Waals surface area contributed by atoms with Crippen molar-refractivity contribution in [2.24, 2.45) is 0 Å². The summed E-state index contributed by atoms with van der Waals surface area (Å²) in [7, 11) is -85.3. The molecule has 4 aliphatic heterocycles. The van der Waals surface area contributed by atoms with Crippen molar-refractivity contribution in [3.05, 3.63) is 48.5 Å². The molecule has 0 unspecified atom stereocenters. The fourth-order valence-corrected chi connectivity index (χ4v) is 19.3. The quantitative estimate of drug-likeness (QED) is 0.0166. The van der Waals surface area contributed by atoms with Crippen LogP contribution in [0, 0.1) is 0 Å². The molecule has 4 saturated heterocycles. The van der Waals surface area contributed by atoms with Gasteiger partial charge in [-0.2, -0.15) is 118 Å². The molecule has 718 valence electrons. The summed E-state index contributed by atoms with van der Waals surface area (Å²) in [4.78, 5) is 25.7. The molecular formula is C42H60N2Na14O64S16+14. The molecule has 2 amide bonds. The number of amides is 2. The number of ether oxygens (including phenoxy) is 6. The first kappa shape index (κ1) is 166. The normalized spacial score (nSPS) is 25.6. The standard InChI is InChI=1S/C42H60N2O64S16.14Na/c45-25(43-17-5-9-19(10-6-17)109-41-37(107-123(83,84)85)31(101-117(65,66)67)27(21(95-41)13-89-111(47,48)49)97-39-35(105-121(77,78)79)33(103-119(71,72)73)29(99-115(59,60)61)23(93-39)15-91-113(53,54)55)3-1-2-4-26(46)44-18-7-11-20(12-8-18)110-42-38(108-124(86,87)88)32(102-118(68,69)70)28(22(96-42)14-90-112(50,51)52)98-40-36(106-122(80,81)82)34(104-120(74,75)76)30(100-116(62,63)64)24(94-40)16-92-114(56,57)58;;;;;;;;;;;;;;/h5-12,21-24,27-42H,1-4,13-16H2,(H,43,45)(H,44,46)(H,47,48,49)(H,50,51,52)(H,53,54,55)(H,56,57,58)(H,59,60,61)(H,62,63,64)(H,65,66,67)(H,68,69,70)(H,71,72,73)(H,74,75,76)(H,77,78,79)(H,80,81,82)(H,83,84,85)(H,86,87,88);;;;;;;;;;;;;;/q;14*+1/t21-,22-,23-,24-,27-,28-,29-,30-,31+,32+,33+,34+,35-,36-,37-,38-,39+,40+,41+,42+;;;;;;;;;;;;;;/m1............../s1. The second-order valence-corrected chi connectivity index (χ2v) is 40.9. The molecule has 2 aromatic carbocycles. The third-order valence-electron chi connectivity index (χ3n) is 14.6. The van der Waals surface area contributed by atoms with E-state index < -0.39 is 318 Å². The van der Waals surface area contributed by atoms with E-state index in [1.165, 1.54) is 0 Å². The number of carbonyl (C=O) groups excluding carboxylic acids is 2. The van der Waals surface area contributed by atoms with Gasteiger partial charge in [-0.05, 0) is 61.4 Å². The number of carbonyl (C=O) groups is 2. The summed E-state index contributed by atoms with van der Waals surface area (Å²) in [5.41, 5.74) is -5.07. The van der Waals surface area contributed by atoms with Crippen molar-refractivity contribution in [1.29, 1.82) is 0 Å². The zero-order chi connectivity index (χ0) is 94.3. The molecule has 16 N–H and O–H groups in total. The first-order chi connectivity index (χ1) is 55.9. The summed E-state index contributed by atoms with van der Waals surface area (Å²) in [6.07, 6.45) is -57.5. The average Bonchev–Trinajstić information content (AvgIpc) is 0.755. The SMILES string of the molecule is O=C(CCCCC(=O)Nc1ccc(S[C@@H]2O[C@H](COS(=O)(=O)O)[C@@H](O[C@@H]3O[C@H](COS(=O)(=O)O)[C@@H](OS(=O)(=O)O)[C@H](OS(=O)(=O)O)[C@H]3OS(=O)(=O)O)[C@H](OS(=O)(=O)O)[C@H]2OS(=O)(=O)O)cc1)Nc1ccc(S[C@@H]2O[C@H](COS(=O)(=O)O)[C@@H](O[C@@H]3O[C@H](COS(=O)(=O)O)[C@@H](OS(=O)(=O)O)[C@H](OS(=O)(=O)O)[C@H]3OS(=O)(=O)O)[C@H](OS(=O)(=O)O)[C@H]2OS(=O)(=O)O)cc1.[Na+].[Na+].[Na+].[Na+].[Na+].[Na+].[Na+].[Na+].[Na+].[Na+].[Na+].[Na+].[Na+].[Na+]. The van der Waals surface area contributed by atoms with Gasteiger partial charge in [-0.1, -0.05) is 23.5 Å². The molecule has 96 heteroatoms. The molecule has 0 spiro atoms. The average molecular weight is 2450 g/mol. The van der Waals surface area contributed by atoms with Crippen molar-refractivity contribution in [2.45, 2.75) is 157 Å². The molecule has 0 saturated carbocycles. The van der Waals surface area contributed by atoms with Gasteiger partial charge in [-0.25, -0.2) is 58.6 Å². The molecule has 66 nitrogen and oxygen atoms in total. The summed E-state index contributed by atoms with van der Waals surface area (Å²) < 4.78 is 568. The molecule has 0 aromatic heterocycles. The van der Waals surface area contributed by atoms with Crippen molar-refractivity contribution >= 4 is 192 Å². The molecule has 0 radical (unpaired) electrons. The Hall–Kier alpha value is 10.0. The second-order valence-electron chi connectivity index (χ2n) is 23.7. The molecule has 4 aliphatic rings. The Bertz CT molecular complexity index is 5520. The van der Waals surface area contributed by atoms with Crippen molar-refractivity contribution < 1.29 is 692 Å². The molecule has 4 heterocycles. The molecule has 2 aromatic rings. The number of thioether (sulfide) groups is 2. The number of nitrogens with one attached hydrogen (secondary N) is 2. The Balaban J connectivity index is -0.00000170. The van der Waals surface area contributed by atoms with Crippen molar-refractivity contribution in [1.82, 2.24) is 0 Å². The molecular weight excluding hydrogens is 2390 g/mol. The fraction of sp³-hybridized carbons (Fsp3) is 0.667. The van der Waals surface area contributed by atoms with Gasteiger partial charge in [0.25, 0.3) is 0 Å². The summed E-state index contributed by atoms with van der Waals surface area (Å²) in [5.74, 6) is -1.62. The van der Waals surface area contributed by atoms with E-state index in [2.05, 4.69) is 69.2 Å². The van der Waals surface area contributed by atoms with Crippen LogP contribution in [0.3, 0.4) is 0 Å². The van der Waals surface area contributed by atoms with E-state index in [9.17, 15) is 191 Å². The van der Waals surface area contributed by atoms with Gasteiger partial charge in [0.15, 0.2) is 24.8 Å². The number of benzene rings is 2. The molecule has 6 rings (SSSR count). The number of unbranched alkanes of at least 4 members (excludes halogenated alkanes) is 1. The van der Waals surface area contributed by atoms with Crippen molar-refractivity contribution in [2.75, 3.05) is 37.1 Å². The molecule has 138 heavy (non-hydrogen) atoms. The van der Waals surface area contributed by atoms with E-state index in [4.69, 9.17) is 28.4 Å². The Morgan fingerprint density at radius 2 is 0.428 bits per heavy atom. The monoisotopic (exact) mass is 2450 g/mol. The maximum atomic E-state index is 13.1.